The average Bonchev–Trinajstić information content (AvgIpc) is 1.58. The van der Waals surface area contributed by atoms with Crippen LogP contribution in [0.3, 0.4) is 0 Å². The Morgan fingerprint density at radius 3 is 1.91 bits per heavy atom. The third-order valence-electron chi connectivity index (χ3n) is 0.267. The van der Waals surface area contributed by atoms with Gasteiger partial charge in [0.1, 0.15) is 0 Å². The zero-order valence-electron chi connectivity index (χ0n) is 6.39. The van der Waals surface area contributed by atoms with E-state index in [-0.39, 0.29) is 6.61 Å². The summed E-state index contributed by atoms with van der Waals surface area (Å²) in [5.74, 6) is 0. The number of nitrogens with two attached hydrogens (primary N) is 1. The highest BCUT2D eigenvalue weighted by Gasteiger charge is 1.98. The summed E-state index contributed by atoms with van der Waals surface area (Å²) in [7, 11) is -4.17. The number of aliphatic hydroxyl groups excluding tert-OH is 1. The molecule has 6 nitrogen and oxygen atoms in total. The van der Waals surface area contributed by atoms with Gasteiger partial charge in [-0.2, -0.15) is 8.42 Å². The number of hydrogen-bond acceptors (Lipinski definition) is 5. The van der Waals surface area contributed by atoms with Crippen LogP contribution < -0.4 is 5.73 Å². The second-order valence-corrected chi connectivity index (χ2v) is 2.67. The number of aliphatic hydroxyl groups is 1. The van der Waals surface area contributed by atoms with Crippen molar-refractivity contribution < 1.29 is 22.3 Å². The van der Waals surface area contributed by atoms with Crippen LogP contribution in [0.2, 0.25) is 0 Å². The van der Waals surface area contributed by atoms with Crippen molar-refractivity contribution >= 4 is 10.4 Å². The Labute approximate surface area is 65.9 Å². The van der Waals surface area contributed by atoms with Crippen molar-refractivity contribution in [1.29, 1.82) is 0 Å². The van der Waals surface area contributed by atoms with E-state index in [0.717, 1.165) is 0 Å². The zero-order chi connectivity index (χ0) is 9.49. The lowest BCUT2D eigenvalue weighted by atomic mass is 10.7. The van der Waals surface area contributed by atoms with E-state index in [1.54, 1.807) is 0 Å². The van der Waals surface area contributed by atoms with Crippen LogP contribution in [-0.4, -0.2) is 30.9 Å². The van der Waals surface area contributed by atoms with Crippen molar-refractivity contribution in [2.24, 2.45) is 5.73 Å². The molecule has 1 atom stereocenters. The first-order valence-corrected chi connectivity index (χ1v) is 4.21. The number of hydrogen-bond donors (Lipinski definition) is 3. The molecular formula is C4H13NO5S. The highest BCUT2D eigenvalue weighted by molar-refractivity contribution is 7.80. The van der Waals surface area contributed by atoms with Crippen molar-refractivity contribution in [3.8, 4) is 0 Å². The summed E-state index contributed by atoms with van der Waals surface area (Å²) in [5, 5.41) is 7.83. The molecule has 0 spiro atoms. The van der Waals surface area contributed by atoms with E-state index in [1.165, 1.54) is 13.8 Å². The maximum Gasteiger partial charge on any atom is 0.397 e. The van der Waals surface area contributed by atoms with Crippen molar-refractivity contribution in [3.05, 3.63) is 0 Å². The molecule has 0 fully saturated rings. The average molecular weight is 187 g/mol. The van der Waals surface area contributed by atoms with Crippen molar-refractivity contribution in [2.75, 3.05) is 6.61 Å². The van der Waals surface area contributed by atoms with Gasteiger partial charge in [0, 0.05) is 0 Å². The van der Waals surface area contributed by atoms with Crippen LogP contribution >= 0.6 is 0 Å². The van der Waals surface area contributed by atoms with E-state index in [4.69, 9.17) is 9.66 Å². The zero-order valence-corrected chi connectivity index (χ0v) is 7.21. The van der Waals surface area contributed by atoms with Crippen LogP contribution in [0.15, 0.2) is 0 Å². The normalized spacial score (nSPS) is 13.2. The van der Waals surface area contributed by atoms with E-state index >= 15 is 0 Å². The third-order valence-corrected chi connectivity index (χ3v) is 0.800. The molecule has 1 unspecified atom stereocenters. The van der Waals surface area contributed by atoms with Gasteiger partial charge in [-0.1, -0.05) is 0 Å². The Morgan fingerprint density at radius 1 is 1.64 bits per heavy atom. The molecule has 0 saturated carbocycles. The predicted octanol–water partition coefficient (Wildman–Crippen LogP) is -0.891. The topological polar surface area (TPSA) is 110 Å². The molecule has 0 aromatic carbocycles. The molecule has 0 rings (SSSR count). The van der Waals surface area contributed by atoms with Gasteiger partial charge in [0.2, 0.25) is 0 Å². The van der Waals surface area contributed by atoms with Crippen molar-refractivity contribution in [3.63, 3.8) is 0 Å². The van der Waals surface area contributed by atoms with Gasteiger partial charge in [-0.15, -0.1) is 0 Å². The molecule has 0 aliphatic rings. The fourth-order valence-corrected chi connectivity index (χ4v) is 0.447. The summed E-state index contributed by atoms with van der Waals surface area (Å²) in [5.41, 5.74) is 4.67. The van der Waals surface area contributed by atoms with E-state index in [2.05, 4.69) is 9.92 Å². The number of rotatable bonds is 2. The van der Waals surface area contributed by atoms with Gasteiger partial charge in [0.25, 0.3) is 0 Å². The second kappa shape index (κ2) is 6.50. The van der Waals surface area contributed by atoms with Crippen LogP contribution in [0.4, 0.5) is 0 Å². The Balaban J connectivity index is 0. The molecule has 4 N–H and O–H groups in total. The molecule has 0 heterocycles. The molecule has 0 aromatic rings. The molecule has 0 aromatic heterocycles. The first-order chi connectivity index (χ1) is 4.79. The lowest BCUT2D eigenvalue weighted by molar-refractivity contribution is 0.203. The van der Waals surface area contributed by atoms with E-state index < -0.39 is 16.6 Å². The van der Waals surface area contributed by atoms with Gasteiger partial charge in [-0.25, -0.2) is 4.18 Å². The first kappa shape index (κ1) is 13.4. The van der Waals surface area contributed by atoms with Crippen LogP contribution in [-0.2, 0) is 14.6 Å². The Bertz CT molecular complexity index is 161. The minimum absolute atomic E-state index is 0.0289. The van der Waals surface area contributed by atoms with Crippen LogP contribution in [0.1, 0.15) is 13.8 Å². The standard InChI is InChI=1S/C2H7NO.C2H6O4S/c1-2(3)4;1-2-6-7(3,4)5/h2,4H,3H2,1H3;2H2,1H3,(H,3,4,5). The van der Waals surface area contributed by atoms with Crippen molar-refractivity contribution in [1.82, 2.24) is 0 Å². The quantitative estimate of drug-likeness (QED) is 0.382. The summed E-state index contributed by atoms with van der Waals surface area (Å²) in [6.45, 7) is 2.94. The van der Waals surface area contributed by atoms with Crippen LogP contribution in [0, 0.1) is 0 Å². The smallest absolute Gasteiger partial charge is 0.379 e. The fourth-order valence-electron chi connectivity index (χ4n) is 0.149. The maximum atomic E-state index is 9.56. The summed E-state index contributed by atoms with van der Waals surface area (Å²) in [6.07, 6.45) is -0.667. The van der Waals surface area contributed by atoms with E-state index in [9.17, 15) is 8.42 Å². The summed E-state index contributed by atoms with van der Waals surface area (Å²) < 4.78 is 30.7. The summed E-state index contributed by atoms with van der Waals surface area (Å²) >= 11 is 0. The lowest BCUT2D eigenvalue weighted by Crippen LogP contribution is -2.11. The molecular weight excluding hydrogens is 174 g/mol. The molecule has 0 bridgehead atoms. The third kappa shape index (κ3) is 41.4. The SMILES string of the molecule is CC(N)O.CCOS(=O)(=O)O. The van der Waals surface area contributed by atoms with Crippen molar-refractivity contribution in [2.45, 2.75) is 20.1 Å². The summed E-state index contributed by atoms with van der Waals surface area (Å²) in [6, 6.07) is 0. The maximum absolute atomic E-state index is 9.56. The predicted molar refractivity (Wildman–Crippen MR) is 39.0 cm³/mol. The fraction of sp³-hybridized carbons (Fsp3) is 1.00. The molecule has 0 amide bonds. The molecule has 11 heavy (non-hydrogen) atoms. The molecule has 7 heteroatoms. The minimum Gasteiger partial charge on any atom is -0.379 e. The van der Waals surface area contributed by atoms with Gasteiger partial charge in [-0.3, -0.25) is 4.55 Å². The molecule has 0 radical (unpaired) electrons. The Hall–Kier alpha value is -0.210. The van der Waals surface area contributed by atoms with Gasteiger partial charge >= 0.3 is 10.4 Å². The van der Waals surface area contributed by atoms with Crippen LogP contribution in [0.25, 0.3) is 0 Å². The van der Waals surface area contributed by atoms with Crippen LogP contribution in [0.5, 0.6) is 0 Å². The van der Waals surface area contributed by atoms with Gasteiger partial charge in [0.15, 0.2) is 0 Å². The lowest BCUT2D eigenvalue weighted by Gasteiger charge is -1.88. The summed E-state index contributed by atoms with van der Waals surface area (Å²) in [4.78, 5) is 0. The molecule has 0 aliphatic carbocycles. The van der Waals surface area contributed by atoms with Gasteiger partial charge < -0.3 is 10.8 Å². The van der Waals surface area contributed by atoms with E-state index in [0.29, 0.717) is 0 Å². The molecule has 0 saturated heterocycles. The highest BCUT2D eigenvalue weighted by Crippen LogP contribution is 1.81. The van der Waals surface area contributed by atoms with Gasteiger partial charge in [0.05, 0.1) is 12.8 Å². The minimum atomic E-state index is -4.17. The largest absolute Gasteiger partial charge is 0.397 e. The first-order valence-electron chi connectivity index (χ1n) is 2.85. The monoisotopic (exact) mass is 187 g/mol. The second-order valence-electron chi connectivity index (χ2n) is 1.57. The molecule has 70 valence electrons. The van der Waals surface area contributed by atoms with Gasteiger partial charge in [-0.05, 0) is 13.8 Å². The van der Waals surface area contributed by atoms with E-state index in [1.807, 2.05) is 0 Å². The Morgan fingerprint density at radius 2 is 1.91 bits per heavy atom. The molecule has 0 aliphatic heterocycles. The highest BCUT2D eigenvalue weighted by atomic mass is 32.3. The Kier molecular flexibility index (Phi) is 7.91.